The highest BCUT2D eigenvalue weighted by Gasteiger charge is 2.36. The Bertz CT molecular complexity index is 1210. The van der Waals surface area contributed by atoms with Gasteiger partial charge in [-0.1, -0.05) is 65.7 Å². The van der Waals surface area contributed by atoms with Gasteiger partial charge >= 0.3 is 0 Å². The Morgan fingerprint density at radius 2 is 1.66 bits per heavy atom. The van der Waals surface area contributed by atoms with E-state index in [-0.39, 0.29) is 28.6 Å². The second kappa shape index (κ2) is 9.77. The minimum Gasteiger partial charge on any atom is -0.488 e. The van der Waals surface area contributed by atoms with Gasteiger partial charge in [-0.2, -0.15) is 0 Å². The summed E-state index contributed by atoms with van der Waals surface area (Å²) < 4.78 is 20.0. The molecule has 0 unspecified atom stereocenters. The molecule has 1 heterocycles. The zero-order valence-corrected chi connectivity index (χ0v) is 18.9. The number of hydrogen-bond acceptors (Lipinski definition) is 4. The number of ether oxygens (including phenoxy) is 1. The lowest BCUT2D eigenvalue weighted by Gasteiger charge is -2.14. The van der Waals surface area contributed by atoms with E-state index in [1.54, 1.807) is 30.3 Å². The molecule has 1 saturated heterocycles. The molecule has 0 aromatic heterocycles. The normalized spacial score (nSPS) is 15.0. The Kier molecular flexibility index (Phi) is 6.84. The van der Waals surface area contributed by atoms with E-state index >= 15 is 0 Å². The van der Waals surface area contributed by atoms with Crippen molar-refractivity contribution in [2.45, 2.75) is 13.2 Å². The lowest BCUT2D eigenvalue weighted by Crippen LogP contribution is -2.28. The van der Waals surface area contributed by atoms with Crippen molar-refractivity contribution in [2.75, 3.05) is 0 Å². The van der Waals surface area contributed by atoms with Gasteiger partial charge in [0.2, 0.25) is 0 Å². The molecule has 2 amide bonds. The highest BCUT2D eigenvalue weighted by Crippen LogP contribution is 2.36. The zero-order chi connectivity index (χ0) is 22.7. The molecule has 8 heteroatoms. The average Bonchev–Trinajstić information content (AvgIpc) is 3.04. The molecule has 0 bridgehead atoms. The quantitative estimate of drug-likeness (QED) is 0.353. The van der Waals surface area contributed by atoms with Crippen molar-refractivity contribution in [1.29, 1.82) is 0 Å². The van der Waals surface area contributed by atoms with Crippen molar-refractivity contribution >= 4 is 52.2 Å². The van der Waals surface area contributed by atoms with Crippen molar-refractivity contribution in [1.82, 2.24) is 4.90 Å². The Hall–Kier alpha value is -2.80. The predicted octanol–water partition coefficient (Wildman–Crippen LogP) is 6.95. The number of carbonyl (C=O) groups is 2. The third-order valence-corrected chi connectivity index (χ3v) is 6.43. The maximum absolute atomic E-state index is 14.1. The van der Waals surface area contributed by atoms with Gasteiger partial charge in [-0.15, -0.1) is 0 Å². The molecule has 1 aliphatic rings. The number of imide groups is 1. The van der Waals surface area contributed by atoms with Crippen LogP contribution in [-0.4, -0.2) is 16.0 Å². The maximum atomic E-state index is 14.1. The summed E-state index contributed by atoms with van der Waals surface area (Å²) in [5.74, 6) is -0.546. The molecule has 0 spiro atoms. The first kappa shape index (κ1) is 22.4. The Labute approximate surface area is 198 Å². The fourth-order valence-electron chi connectivity index (χ4n) is 3.12. The number of amides is 2. The van der Waals surface area contributed by atoms with Gasteiger partial charge in [-0.25, -0.2) is 4.39 Å². The molecule has 0 atom stereocenters. The smallest absolute Gasteiger partial charge is 0.293 e. The van der Waals surface area contributed by atoms with Crippen LogP contribution in [0.15, 0.2) is 71.6 Å². The number of halogens is 3. The Morgan fingerprint density at radius 1 is 0.938 bits per heavy atom. The van der Waals surface area contributed by atoms with E-state index < -0.39 is 17.0 Å². The van der Waals surface area contributed by atoms with Gasteiger partial charge in [0, 0.05) is 26.7 Å². The summed E-state index contributed by atoms with van der Waals surface area (Å²) in [6.45, 7) is 0.00988. The van der Waals surface area contributed by atoms with Gasteiger partial charge in [0.25, 0.3) is 11.1 Å². The third kappa shape index (κ3) is 4.83. The second-order valence-electron chi connectivity index (χ2n) is 6.89. The number of hydrogen-bond donors (Lipinski definition) is 0. The molecule has 0 N–H and O–H groups in total. The topological polar surface area (TPSA) is 46.6 Å². The third-order valence-electron chi connectivity index (χ3n) is 4.80. The van der Waals surface area contributed by atoms with Crippen molar-refractivity contribution in [3.63, 3.8) is 0 Å². The lowest BCUT2D eigenvalue weighted by molar-refractivity contribution is -0.123. The molecular formula is C24H16Cl2FNO3S. The van der Waals surface area contributed by atoms with Crippen molar-refractivity contribution in [2.24, 2.45) is 0 Å². The van der Waals surface area contributed by atoms with E-state index in [4.69, 9.17) is 27.9 Å². The van der Waals surface area contributed by atoms with E-state index in [1.165, 1.54) is 18.2 Å². The molecule has 0 aliphatic carbocycles. The van der Waals surface area contributed by atoms with E-state index in [2.05, 4.69) is 0 Å². The zero-order valence-electron chi connectivity index (χ0n) is 16.6. The molecule has 1 aliphatic heterocycles. The van der Waals surface area contributed by atoms with Crippen molar-refractivity contribution in [3.05, 3.63) is 104 Å². The largest absolute Gasteiger partial charge is 0.488 e. The Morgan fingerprint density at radius 3 is 2.44 bits per heavy atom. The van der Waals surface area contributed by atoms with Crippen LogP contribution in [0, 0.1) is 5.82 Å². The number of benzene rings is 3. The van der Waals surface area contributed by atoms with Gasteiger partial charge in [-0.3, -0.25) is 14.5 Å². The molecule has 162 valence electrons. The summed E-state index contributed by atoms with van der Waals surface area (Å²) in [6.07, 6.45) is 1.59. The predicted molar refractivity (Wildman–Crippen MR) is 125 cm³/mol. The van der Waals surface area contributed by atoms with Gasteiger partial charge in [0.1, 0.15) is 18.2 Å². The van der Waals surface area contributed by atoms with Gasteiger partial charge < -0.3 is 4.74 Å². The summed E-state index contributed by atoms with van der Waals surface area (Å²) >= 11 is 13.0. The summed E-state index contributed by atoms with van der Waals surface area (Å²) in [7, 11) is 0. The van der Waals surface area contributed by atoms with Crippen molar-refractivity contribution in [3.8, 4) is 5.75 Å². The summed E-state index contributed by atoms with van der Waals surface area (Å²) in [6, 6.07) is 18.7. The molecular weight excluding hydrogens is 472 g/mol. The van der Waals surface area contributed by atoms with Crippen LogP contribution in [0.25, 0.3) is 6.08 Å². The summed E-state index contributed by atoms with van der Waals surface area (Å²) in [5.41, 5.74) is 1.56. The number of thioether (sulfide) groups is 1. The molecule has 0 saturated carbocycles. The minimum absolute atomic E-state index is 0.0983. The molecule has 1 fully saturated rings. The summed E-state index contributed by atoms with van der Waals surface area (Å²) in [4.78, 5) is 26.5. The fourth-order valence-corrected chi connectivity index (χ4v) is 4.36. The number of rotatable bonds is 6. The standard InChI is InChI=1S/C24H16Cl2FNO3S/c25-18-8-3-1-7-16(18)14-31-21-11-4-2-6-15(21)12-22-23(29)28(24(30)32-22)13-17-19(26)9-5-10-20(17)27/h1-12H,13-14H2/b22-12+. The molecule has 3 aromatic carbocycles. The molecule has 0 radical (unpaired) electrons. The molecule has 32 heavy (non-hydrogen) atoms. The van der Waals surface area contributed by atoms with E-state index in [0.717, 1.165) is 22.2 Å². The van der Waals surface area contributed by atoms with Crippen LogP contribution >= 0.6 is 35.0 Å². The van der Waals surface area contributed by atoms with E-state index in [0.29, 0.717) is 16.3 Å². The van der Waals surface area contributed by atoms with Crippen LogP contribution in [0.5, 0.6) is 5.75 Å². The molecule has 3 aromatic rings. The number of carbonyl (C=O) groups excluding carboxylic acids is 2. The van der Waals surface area contributed by atoms with Crippen LogP contribution < -0.4 is 4.74 Å². The highest BCUT2D eigenvalue weighted by atomic mass is 35.5. The van der Waals surface area contributed by atoms with Gasteiger partial charge in [0.15, 0.2) is 0 Å². The van der Waals surface area contributed by atoms with Gasteiger partial charge in [-0.05, 0) is 42.1 Å². The van der Waals surface area contributed by atoms with Crippen molar-refractivity contribution < 1.29 is 18.7 Å². The SMILES string of the molecule is O=C1S/C(=C/c2ccccc2OCc2ccccc2Cl)C(=O)N1Cc1c(F)cccc1Cl. The fraction of sp³-hybridized carbons (Fsp3) is 0.0833. The first-order chi connectivity index (χ1) is 15.4. The first-order valence-corrected chi connectivity index (χ1v) is 11.1. The molecule has 4 nitrogen and oxygen atoms in total. The van der Waals surface area contributed by atoms with E-state index in [9.17, 15) is 14.0 Å². The summed E-state index contributed by atoms with van der Waals surface area (Å²) in [5, 5.41) is 0.263. The maximum Gasteiger partial charge on any atom is 0.293 e. The second-order valence-corrected chi connectivity index (χ2v) is 8.69. The lowest BCUT2D eigenvalue weighted by atomic mass is 10.1. The number of nitrogens with zero attached hydrogens (tertiary/aromatic N) is 1. The first-order valence-electron chi connectivity index (χ1n) is 9.57. The van der Waals surface area contributed by atoms with Crippen LogP contribution in [0.4, 0.5) is 9.18 Å². The monoisotopic (exact) mass is 487 g/mol. The average molecular weight is 488 g/mol. The molecule has 4 rings (SSSR count). The van der Waals surface area contributed by atoms with Crippen LogP contribution in [0.2, 0.25) is 10.0 Å². The minimum atomic E-state index is -0.571. The van der Waals surface area contributed by atoms with Gasteiger partial charge in [0.05, 0.1) is 11.4 Å². The van der Waals surface area contributed by atoms with Crippen LogP contribution in [-0.2, 0) is 17.9 Å². The Balaban J connectivity index is 1.55. The number of para-hydroxylation sites is 1. The van der Waals surface area contributed by atoms with E-state index in [1.807, 2.05) is 24.3 Å². The van der Waals surface area contributed by atoms with Crippen LogP contribution in [0.3, 0.4) is 0 Å². The van der Waals surface area contributed by atoms with Crippen LogP contribution in [0.1, 0.15) is 16.7 Å². The highest BCUT2D eigenvalue weighted by molar-refractivity contribution is 8.18.